The fraction of sp³-hybridized carbons (Fsp3) is 0.375. The van der Waals surface area contributed by atoms with Crippen LogP contribution >= 0.6 is 0 Å². The van der Waals surface area contributed by atoms with Crippen LogP contribution in [0, 0.1) is 0 Å². The van der Waals surface area contributed by atoms with Crippen LogP contribution in [0.3, 0.4) is 0 Å². The van der Waals surface area contributed by atoms with Gasteiger partial charge in [-0.2, -0.15) is 5.10 Å². The summed E-state index contributed by atoms with van der Waals surface area (Å²) >= 11 is 0. The number of alkyl carbamates (subject to hydrolysis) is 1. The van der Waals surface area contributed by atoms with Crippen LogP contribution < -0.4 is 27.0 Å². The van der Waals surface area contributed by atoms with Gasteiger partial charge in [0.2, 0.25) is 0 Å². The zero-order valence-electron chi connectivity index (χ0n) is 19.6. The normalized spacial score (nSPS) is 14.7. The molecule has 10 nitrogen and oxygen atoms in total. The molecule has 0 radical (unpaired) electrons. The van der Waals surface area contributed by atoms with Crippen molar-refractivity contribution in [3.05, 3.63) is 42.1 Å². The number of rotatable bonds is 4. The van der Waals surface area contributed by atoms with Gasteiger partial charge in [-0.25, -0.2) is 4.79 Å². The molecule has 0 bridgehead atoms. The number of anilines is 4. The second kappa shape index (κ2) is 9.12. The van der Waals surface area contributed by atoms with Gasteiger partial charge in [0.15, 0.2) is 0 Å². The van der Waals surface area contributed by atoms with E-state index in [1.165, 1.54) is 0 Å². The largest absolute Gasteiger partial charge is 0.444 e. The fourth-order valence-corrected chi connectivity index (χ4v) is 4.02. The Morgan fingerprint density at radius 3 is 2.53 bits per heavy atom. The molecular weight excluding hydrogens is 434 g/mol. The van der Waals surface area contributed by atoms with Crippen LogP contribution in [-0.4, -0.2) is 46.9 Å². The van der Waals surface area contributed by atoms with Gasteiger partial charge in [0.1, 0.15) is 5.60 Å². The number of hydrogen-bond acceptors (Lipinski definition) is 7. The number of H-pyrrole nitrogens is 1. The Bertz CT molecular complexity index is 1210. The molecule has 0 atom stereocenters. The van der Waals surface area contributed by atoms with E-state index >= 15 is 0 Å². The number of nitrogens with zero attached hydrogens (tertiary/aromatic N) is 2. The molecule has 1 saturated heterocycles. The van der Waals surface area contributed by atoms with Crippen molar-refractivity contribution in [2.24, 2.45) is 0 Å². The van der Waals surface area contributed by atoms with Crippen LogP contribution in [0.1, 0.15) is 44.0 Å². The minimum Gasteiger partial charge on any atom is -0.444 e. The summed E-state index contributed by atoms with van der Waals surface area (Å²) in [6.45, 7) is 6.79. The number of aromatic nitrogens is 2. The van der Waals surface area contributed by atoms with E-state index < -0.39 is 11.7 Å². The Morgan fingerprint density at radius 2 is 1.82 bits per heavy atom. The monoisotopic (exact) mass is 465 g/mol. The van der Waals surface area contributed by atoms with Crippen molar-refractivity contribution >= 4 is 45.7 Å². The number of fused-ring (bicyclic) bond motifs is 1. The molecule has 2 heterocycles. The highest BCUT2D eigenvalue weighted by Crippen LogP contribution is 2.31. The number of carbonyl (C=O) groups excluding carboxylic acids is 2. The first-order valence-corrected chi connectivity index (χ1v) is 11.3. The van der Waals surface area contributed by atoms with Crippen molar-refractivity contribution in [2.45, 2.75) is 45.3 Å². The first-order valence-electron chi connectivity index (χ1n) is 11.3. The third kappa shape index (κ3) is 5.33. The van der Waals surface area contributed by atoms with E-state index in [0.717, 1.165) is 10.9 Å². The maximum atomic E-state index is 13.2. The molecule has 2 aromatic carbocycles. The molecule has 1 aliphatic rings. The molecular formula is C24H31N7O3. The number of ether oxygens (including phenoxy) is 1. The SMILES string of the molecule is CC(C)(C)OC(=O)NC1CCN(c2cc(N)c(N)cc2C(=O)Nc2ccc3cn[nH]c3c2)CC1. The number of aromatic amines is 1. The minimum absolute atomic E-state index is 0.00404. The van der Waals surface area contributed by atoms with Gasteiger partial charge in [-0.1, -0.05) is 0 Å². The summed E-state index contributed by atoms with van der Waals surface area (Å²) < 4.78 is 5.36. The van der Waals surface area contributed by atoms with Gasteiger partial charge in [-0.05, 0) is 63.9 Å². The number of carbonyl (C=O) groups is 2. The lowest BCUT2D eigenvalue weighted by atomic mass is 10.0. The van der Waals surface area contributed by atoms with Gasteiger partial charge in [-0.3, -0.25) is 9.89 Å². The highest BCUT2D eigenvalue weighted by molar-refractivity contribution is 6.10. The predicted octanol–water partition coefficient (Wildman–Crippen LogP) is 3.47. The average molecular weight is 466 g/mol. The fourth-order valence-electron chi connectivity index (χ4n) is 4.02. The number of nitrogen functional groups attached to an aromatic ring is 2. The standard InChI is InChI=1S/C24H31N7O3/c1-24(2,3)34-23(33)29-15-6-8-31(9-7-15)21-12-19(26)18(25)11-17(21)22(32)28-16-5-4-14-13-27-30-20(14)10-16/h4-5,10-13,15H,6-9,25-26H2,1-3H3,(H,27,30)(H,28,32)(H,29,33). The summed E-state index contributed by atoms with van der Waals surface area (Å²) in [7, 11) is 0. The third-order valence-electron chi connectivity index (χ3n) is 5.70. The zero-order chi connectivity index (χ0) is 24.5. The lowest BCUT2D eigenvalue weighted by molar-refractivity contribution is 0.0497. The number of nitrogens with two attached hydrogens (primary N) is 2. The van der Waals surface area contributed by atoms with Gasteiger partial charge in [-0.15, -0.1) is 0 Å². The molecule has 0 unspecified atom stereocenters. The van der Waals surface area contributed by atoms with Gasteiger partial charge in [0, 0.05) is 30.2 Å². The van der Waals surface area contributed by atoms with E-state index in [9.17, 15) is 9.59 Å². The van der Waals surface area contributed by atoms with E-state index in [0.29, 0.717) is 54.2 Å². The smallest absolute Gasteiger partial charge is 0.407 e. The van der Waals surface area contributed by atoms with Crippen molar-refractivity contribution in [2.75, 3.05) is 34.8 Å². The molecule has 0 saturated carbocycles. The van der Waals surface area contributed by atoms with Gasteiger partial charge < -0.3 is 31.7 Å². The molecule has 0 spiro atoms. The van der Waals surface area contributed by atoms with Crippen LogP contribution in [0.15, 0.2) is 36.5 Å². The lowest BCUT2D eigenvalue weighted by Crippen LogP contribution is -2.46. The van der Waals surface area contributed by atoms with Crippen LogP contribution in [-0.2, 0) is 4.74 Å². The zero-order valence-corrected chi connectivity index (χ0v) is 19.6. The summed E-state index contributed by atoms with van der Waals surface area (Å²) in [4.78, 5) is 27.4. The van der Waals surface area contributed by atoms with Crippen LogP contribution in [0.4, 0.5) is 27.5 Å². The van der Waals surface area contributed by atoms with E-state index in [1.807, 2.05) is 39.0 Å². The Kier molecular flexibility index (Phi) is 6.23. The van der Waals surface area contributed by atoms with Crippen molar-refractivity contribution in [1.82, 2.24) is 15.5 Å². The number of amides is 2. The highest BCUT2D eigenvalue weighted by atomic mass is 16.6. The topological polar surface area (TPSA) is 151 Å². The van der Waals surface area contributed by atoms with Crippen molar-refractivity contribution in [3.8, 4) is 0 Å². The summed E-state index contributed by atoms with van der Waals surface area (Å²) in [6, 6.07) is 8.88. The Balaban J connectivity index is 1.47. The Labute approximate surface area is 198 Å². The Morgan fingerprint density at radius 1 is 1.12 bits per heavy atom. The number of nitrogens with one attached hydrogen (secondary N) is 3. The molecule has 4 rings (SSSR count). The van der Waals surface area contributed by atoms with Crippen LogP contribution in [0.25, 0.3) is 10.9 Å². The van der Waals surface area contributed by atoms with E-state index in [1.54, 1.807) is 18.3 Å². The quantitative estimate of drug-likeness (QED) is 0.370. The maximum Gasteiger partial charge on any atom is 0.407 e. The third-order valence-corrected chi connectivity index (χ3v) is 5.70. The number of benzene rings is 2. The highest BCUT2D eigenvalue weighted by Gasteiger charge is 2.26. The molecule has 1 aliphatic heterocycles. The molecule has 1 aromatic heterocycles. The number of piperidine rings is 1. The second-order valence-corrected chi connectivity index (χ2v) is 9.53. The molecule has 0 aliphatic carbocycles. The first-order chi connectivity index (χ1) is 16.1. The molecule has 10 heteroatoms. The first kappa shape index (κ1) is 23.2. The van der Waals surface area contributed by atoms with Gasteiger partial charge >= 0.3 is 6.09 Å². The lowest BCUT2D eigenvalue weighted by Gasteiger charge is -2.35. The van der Waals surface area contributed by atoms with E-state index in [4.69, 9.17) is 16.2 Å². The predicted molar refractivity (Wildman–Crippen MR) is 134 cm³/mol. The molecule has 3 aromatic rings. The Hall–Kier alpha value is -3.95. The van der Waals surface area contributed by atoms with Crippen LogP contribution in [0.5, 0.6) is 0 Å². The summed E-state index contributed by atoms with van der Waals surface area (Å²) in [5.41, 5.74) is 15.0. The van der Waals surface area contributed by atoms with Crippen LogP contribution in [0.2, 0.25) is 0 Å². The second-order valence-electron chi connectivity index (χ2n) is 9.53. The van der Waals surface area contributed by atoms with Crippen molar-refractivity contribution in [3.63, 3.8) is 0 Å². The molecule has 7 N–H and O–H groups in total. The summed E-state index contributed by atoms with van der Waals surface area (Å²) in [5.74, 6) is -0.283. The molecule has 1 fully saturated rings. The average Bonchev–Trinajstić information content (AvgIpc) is 3.22. The van der Waals surface area contributed by atoms with Gasteiger partial charge in [0.25, 0.3) is 5.91 Å². The van der Waals surface area contributed by atoms with E-state index in [-0.39, 0.29) is 11.9 Å². The van der Waals surface area contributed by atoms with Crippen molar-refractivity contribution in [1.29, 1.82) is 0 Å². The number of hydrogen-bond donors (Lipinski definition) is 5. The van der Waals surface area contributed by atoms with Gasteiger partial charge in [0.05, 0.1) is 34.3 Å². The molecule has 34 heavy (non-hydrogen) atoms. The maximum absolute atomic E-state index is 13.2. The van der Waals surface area contributed by atoms with Crippen molar-refractivity contribution < 1.29 is 14.3 Å². The summed E-state index contributed by atoms with van der Waals surface area (Å²) in [5, 5.41) is 13.7. The van der Waals surface area contributed by atoms with E-state index in [2.05, 4.69) is 25.7 Å². The summed E-state index contributed by atoms with van der Waals surface area (Å²) in [6.07, 6.45) is 2.72. The molecule has 2 amide bonds. The molecule has 180 valence electrons. The minimum atomic E-state index is -0.545.